The summed E-state index contributed by atoms with van der Waals surface area (Å²) in [6.07, 6.45) is 1.68. The molecule has 0 fully saturated rings. The standard InChI is InChI=1S/C18H13NO4/c20-18-14(19-17(23-18)13-4-2-1-3-5-13)10-12-6-7-15-16(11-12)22-9-8-21-15/h1-7,10-11H,8-9H2. The van der Waals surface area contributed by atoms with Crippen LogP contribution in [0, 0.1) is 0 Å². The van der Waals surface area contributed by atoms with Crippen molar-refractivity contribution in [2.24, 2.45) is 4.99 Å². The van der Waals surface area contributed by atoms with E-state index in [-0.39, 0.29) is 5.70 Å². The van der Waals surface area contributed by atoms with Crippen LogP contribution in [0.15, 0.2) is 59.2 Å². The lowest BCUT2D eigenvalue weighted by molar-refractivity contribution is -0.129. The molecule has 2 aliphatic rings. The number of hydrogen-bond donors (Lipinski definition) is 0. The van der Waals surface area contributed by atoms with Gasteiger partial charge in [-0.3, -0.25) is 0 Å². The molecule has 0 N–H and O–H groups in total. The Bertz CT molecular complexity index is 824. The summed E-state index contributed by atoms with van der Waals surface area (Å²) < 4.78 is 16.3. The first kappa shape index (κ1) is 13.6. The van der Waals surface area contributed by atoms with E-state index in [1.165, 1.54) is 0 Å². The maximum Gasteiger partial charge on any atom is 0.363 e. The Morgan fingerprint density at radius 3 is 2.57 bits per heavy atom. The van der Waals surface area contributed by atoms with Crippen molar-refractivity contribution < 1.29 is 19.0 Å². The van der Waals surface area contributed by atoms with E-state index in [1.807, 2.05) is 48.5 Å². The van der Waals surface area contributed by atoms with Crippen molar-refractivity contribution >= 4 is 17.9 Å². The zero-order valence-electron chi connectivity index (χ0n) is 12.2. The van der Waals surface area contributed by atoms with E-state index in [9.17, 15) is 4.79 Å². The summed E-state index contributed by atoms with van der Waals surface area (Å²) in [6.45, 7) is 1.07. The maximum atomic E-state index is 12.0. The van der Waals surface area contributed by atoms with Gasteiger partial charge < -0.3 is 14.2 Å². The van der Waals surface area contributed by atoms with E-state index in [0.717, 1.165) is 11.1 Å². The minimum Gasteiger partial charge on any atom is -0.486 e. The Morgan fingerprint density at radius 2 is 1.74 bits per heavy atom. The monoisotopic (exact) mass is 307 g/mol. The average molecular weight is 307 g/mol. The van der Waals surface area contributed by atoms with Gasteiger partial charge in [-0.15, -0.1) is 0 Å². The number of esters is 1. The topological polar surface area (TPSA) is 57.1 Å². The Labute approximate surface area is 132 Å². The number of aliphatic imine (C=N–C) groups is 1. The van der Waals surface area contributed by atoms with Crippen LogP contribution in [0.1, 0.15) is 11.1 Å². The van der Waals surface area contributed by atoms with Crippen LogP contribution in [-0.4, -0.2) is 25.1 Å². The van der Waals surface area contributed by atoms with Crippen molar-refractivity contribution in [3.05, 3.63) is 65.4 Å². The second-order valence-electron chi connectivity index (χ2n) is 5.11. The fourth-order valence-electron chi connectivity index (χ4n) is 2.42. The first-order valence-corrected chi connectivity index (χ1v) is 7.27. The third-order valence-electron chi connectivity index (χ3n) is 3.51. The smallest absolute Gasteiger partial charge is 0.363 e. The molecular formula is C18H13NO4. The number of hydrogen-bond acceptors (Lipinski definition) is 5. The molecule has 4 rings (SSSR count). The lowest BCUT2D eigenvalue weighted by Gasteiger charge is -2.18. The highest BCUT2D eigenvalue weighted by Gasteiger charge is 2.24. The Morgan fingerprint density at radius 1 is 0.957 bits per heavy atom. The van der Waals surface area contributed by atoms with Crippen LogP contribution in [0.5, 0.6) is 11.5 Å². The second kappa shape index (κ2) is 5.61. The van der Waals surface area contributed by atoms with Gasteiger partial charge in [0.1, 0.15) is 13.2 Å². The molecule has 2 aliphatic heterocycles. The molecule has 0 saturated heterocycles. The average Bonchev–Trinajstić information content (AvgIpc) is 2.96. The van der Waals surface area contributed by atoms with Crippen LogP contribution in [-0.2, 0) is 9.53 Å². The first-order valence-electron chi connectivity index (χ1n) is 7.27. The van der Waals surface area contributed by atoms with E-state index in [0.29, 0.717) is 30.6 Å². The molecular weight excluding hydrogens is 294 g/mol. The zero-order valence-corrected chi connectivity index (χ0v) is 12.2. The molecule has 5 heteroatoms. The van der Waals surface area contributed by atoms with Gasteiger partial charge in [0, 0.05) is 5.56 Å². The minimum atomic E-state index is -0.459. The SMILES string of the molecule is O=C1OC(c2ccccc2)=NC1=Cc1ccc2c(c1)OCCO2. The highest BCUT2D eigenvalue weighted by atomic mass is 16.6. The molecule has 0 saturated carbocycles. The van der Waals surface area contributed by atoms with Crippen LogP contribution in [0.25, 0.3) is 6.08 Å². The fraction of sp³-hybridized carbons (Fsp3) is 0.111. The summed E-state index contributed by atoms with van der Waals surface area (Å²) in [4.78, 5) is 16.3. The number of nitrogens with zero attached hydrogens (tertiary/aromatic N) is 1. The van der Waals surface area contributed by atoms with E-state index in [4.69, 9.17) is 14.2 Å². The summed E-state index contributed by atoms with van der Waals surface area (Å²) in [5.41, 5.74) is 1.84. The largest absolute Gasteiger partial charge is 0.486 e. The van der Waals surface area contributed by atoms with Gasteiger partial charge in [-0.1, -0.05) is 24.3 Å². The Kier molecular flexibility index (Phi) is 3.31. The molecule has 2 heterocycles. The molecule has 0 aromatic heterocycles. The minimum absolute atomic E-state index is 0.264. The van der Waals surface area contributed by atoms with Crippen LogP contribution >= 0.6 is 0 Å². The Hall–Kier alpha value is -3.08. The Balaban J connectivity index is 1.66. The lowest BCUT2D eigenvalue weighted by Crippen LogP contribution is -2.15. The molecule has 5 nitrogen and oxygen atoms in total. The van der Waals surface area contributed by atoms with Gasteiger partial charge in [-0.05, 0) is 35.9 Å². The quantitative estimate of drug-likeness (QED) is 0.632. The summed E-state index contributed by atoms with van der Waals surface area (Å²) in [7, 11) is 0. The number of rotatable bonds is 2. The van der Waals surface area contributed by atoms with Gasteiger partial charge >= 0.3 is 5.97 Å². The molecule has 0 bridgehead atoms. The molecule has 0 aliphatic carbocycles. The van der Waals surface area contributed by atoms with Crippen molar-refractivity contribution in [1.29, 1.82) is 0 Å². The summed E-state index contributed by atoms with van der Waals surface area (Å²) in [6, 6.07) is 14.8. The molecule has 23 heavy (non-hydrogen) atoms. The normalized spacial score (nSPS) is 17.8. The van der Waals surface area contributed by atoms with Gasteiger partial charge in [0.2, 0.25) is 5.90 Å². The van der Waals surface area contributed by atoms with E-state index >= 15 is 0 Å². The van der Waals surface area contributed by atoms with Crippen molar-refractivity contribution in [1.82, 2.24) is 0 Å². The third-order valence-corrected chi connectivity index (χ3v) is 3.51. The zero-order chi connectivity index (χ0) is 15.6. The number of carbonyl (C=O) groups excluding carboxylic acids is 1. The van der Waals surface area contributed by atoms with Gasteiger partial charge in [0.05, 0.1) is 0 Å². The van der Waals surface area contributed by atoms with Crippen LogP contribution in [0.2, 0.25) is 0 Å². The van der Waals surface area contributed by atoms with Crippen molar-refractivity contribution in [2.45, 2.75) is 0 Å². The highest BCUT2D eigenvalue weighted by Crippen LogP contribution is 2.32. The summed E-state index contributed by atoms with van der Waals surface area (Å²) in [5.74, 6) is 1.24. The van der Waals surface area contributed by atoms with Crippen LogP contribution < -0.4 is 9.47 Å². The van der Waals surface area contributed by atoms with E-state index in [2.05, 4.69) is 4.99 Å². The van der Waals surface area contributed by atoms with Crippen molar-refractivity contribution in [3.8, 4) is 11.5 Å². The number of benzene rings is 2. The highest BCUT2D eigenvalue weighted by molar-refractivity contribution is 6.12. The summed E-state index contributed by atoms with van der Waals surface area (Å²) >= 11 is 0. The van der Waals surface area contributed by atoms with Gasteiger partial charge in [0.15, 0.2) is 17.2 Å². The molecule has 2 aromatic carbocycles. The lowest BCUT2D eigenvalue weighted by atomic mass is 10.1. The molecule has 0 unspecified atom stereocenters. The second-order valence-corrected chi connectivity index (χ2v) is 5.11. The van der Waals surface area contributed by atoms with Gasteiger partial charge in [-0.25, -0.2) is 9.79 Å². The summed E-state index contributed by atoms with van der Waals surface area (Å²) in [5, 5.41) is 0. The molecule has 0 amide bonds. The van der Waals surface area contributed by atoms with Crippen LogP contribution in [0.4, 0.5) is 0 Å². The number of ether oxygens (including phenoxy) is 3. The fourth-order valence-corrected chi connectivity index (χ4v) is 2.42. The van der Waals surface area contributed by atoms with Crippen molar-refractivity contribution in [3.63, 3.8) is 0 Å². The number of fused-ring (bicyclic) bond motifs is 1. The predicted molar refractivity (Wildman–Crippen MR) is 84.5 cm³/mol. The molecule has 0 radical (unpaired) electrons. The van der Waals surface area contributed by atoms with Gasteiger partial charge in [-0.2, -0.15) is 0 Å². The number of carbonyl (C=O) groups is 1. The first-order chi connectivity index (χ1) is 11.3. The van der Waals surface area contributed by atoms with Crippen LogP contribution in [0.3, 0.4) is 0 Å². The molecule has 2 aromatic rings. The molecule has 114 valence electrons. The van der Waals surface area contributed by atoms with E-state index in [1.54, 1.807) is 6.08 Å². The van der Waals surface area contributed by atoms with E-state index < -0.39 is 5.97 Å². The molecule has 0 atom stereocenters. The number of cyclic esters (lactones) is 1. The maximum absolute atomic E-state index is 12.0. The van der Waals surface area contributed by atoms with Crippen molar-refractivity contribution in [2.75, 3.05) is 13.2 Å². The van der Waals surface area contributed by atoms with Gasteiger partial charge in [0.25, 0.3) is 0 Å². The predicted octanol–water partition coefficient (Wildman–Crippen LogP) is 2.80. The third kappa shape index (κ3) is 2.68. The molecule has 0 spiro atoms.